The summed E-state index contributed by atoms with van der Waals surface area (Å²) >= 11 is 7.26. The highest BCUT2D eigenvalue weighted by Gasteiger charge is 2.28. The third-order valence-corrected chi connectivity index (χ3v) is 6.76. The fourth-order valence-electron chi connectivity index (χ4n) is 3.91. The predicted molar refractivity (Wildman–Crippen MR) is 137 cm³/mol. The monoisotopic (exact) mass is 514 g/mol. The molecule has 10 heteroatoms. The number of ether oxygens (including phenoxy) is 2. The van der Waals surface area contributed by atoms with E-state index in [4.69, 9.17) is 21.1 Å². The summed E-state index contributed by atoms with van der Waals surface area (Å²) in [6.45, 7) is 0.262. The average molecular weight is 515 g/mol. The molecule has 4 rings (SSSR count). The van der Waals surface area contributed by atoms with Crippen LogP contribution in [0.1, 0.15) is 41.2 Å². The minimum atomic E-state index is -0.320. The molecule has 3 amide bonds. The summed E-state index contributed by atoms with van der Waals surface area (Å²) < 4.78 is 10.9. The number of urea groups is 1. The molecule has 1 heterocycles. The van der Waals surface area contributed by atoms with E-state index in [1.807, 2.05) is 6.07 Å². The van der Waals surface area contributed by atoms with Gasteiger partial charge in [0.1, 0.15) is 28.8 Å². The van der Waals surface area contributed by atoms with Crippen LogP contribution in [0.25, 0.3) is 0 Å². The summed E-state index contributed by atoms with van der Waals surface area (Å²) in [5.74, 6) is 1.08. The number of thiazole rings is 1. The molecule has 2 atom stereocenters. The van der Waals surface area contributed by atoms with Gasteiger partial charge in [0.25, 0.3) is 5.91 Å². The maximum Gasteiger partial charge on any atom is 0.319 e. The highest BCUT2D eigenvalue weighted by molar-refractivity contribution is 7.09. The van der Waals surface area contributed by atoms with Crippen LogP contribution in [0.15, 0.2) is 53.9 Å². The van der Waals surface area contributed by atoms with Crippen molar-refractivity contribution in [2.75, 3.05) is 12.4 Å². The molecule has 1 saturated carbocycles. The highest BCUT2D eigenvalue weighted by atomic mass is 35.5. The fourth-order valence-corrected chi connectivity index (χ4v) is 4.72. The molecule has 35 heavy (non-hydrogen) atoms. The van der Waals surface area contributed by atoms with Crippen molar-refractivity contribution in [1.82, 2.24) is 15.6 Å². The number of benzene rings is 2. The lowest BCUT2D eigenvalue weighted by molar-refractivity contribution is 0.0911. The van der Waals surface area contributed by atoms with Crippen molar-refractivity contribution in [1.29, 1.82) is 0 Å². The molecule has 184 valence electrons. The predicted octanol–water partition coefficient (Wildman–Crippen LogP) is 5.25. The second-order valence-corrected chi connectivity index (χ2v) is 9.55. The van der Waals surface area contributed by atoms with Gasteiger partial charge in [0.05, 0.1) is 13.2 Å². The van der Waals surface area contributed by atoms with E-state index in [9.17, 15) is 9.59 Å². The Morgan fingerprint density at radius 2 is 1.80 bits per heavy atom. The molecule has 0 aliphatic heterocycles. The molecule has 1 aliphatic carbocycles. The number of rotatable bonds is 8. The minimum Gasteiger partial charge on any atom is -0.497 e. The molecule has 0 unspecified atom stereocenters. The van der Waals surface area contributed by atoms with Crippen LogP contribution >= 0.6 is 22.9 Å². The normalized spacial score (nSPS) is 17.3. The van der Waals surface area contributed by atoms with E-state index < -0.39 is 0 Å². The molecule has 3 aromatic rings. The lowest BCUT2D eigenvalue weighted by Crippen LogP contribution is -2.54. The van der Waals surface area contributed by atoms with E-state index >= 15 is 0 Å². The number of hydrogen-bond donors (Lipinski definition) is 3. The zero-order valence-corrected chi connectivity index (χ0v) is 20.8. The zero-order valence-electron chi connectivity index (χ0n) is 19.3. The topological polar surface area (TPSA) is 102 Å². The standard InChI is InChI=1S/C25H27ClN4O4S/c1-33-19-6-4-5-17(13-19)27-25(32)30-21-8-3-2-7-20(21)29-24(31)22-15-35-23(28-22)14-34-18-11-9-16(26)10-12-18/h4-6,9-13,15,20-21H,2-3,7-8,14H2,1H3,(H,29,31)(H2,27,30,32)/t20-,21+/m1/s1. The van der Waals surface area contributed by atoms with Crippen LogP contribution in [0.4, 0.5) is 10.5 Å². The van der Waals surface area contributed by atoms with Crippen molar-refractivity contribution in [3.8, 4) is 11.5 Å². The number of nitrogens with zero attached hydrogens (tertiary/aromatic N) is 1. The van der Waals surface area contributed by atoms with E-state index in [1.54, 1.807) is 55.0 Å². The average Bonchev–Trinajstić information content (AvgIpc) is 3.34. The molecule has 0 bridgehead atoms. The molecule has 0 radical (unpaired) electrons. The molecular formula is C25H27ClN4O4S. The van der Waals surface area contributed by atoms with Crippen LogP contribution in [0.2, 0.25) is 5.02 Å². The van der Waals surface area contributed by atoms with Gasteiger partial charge in [-0.25, -0.2) is 9.78 Å². The molecule has 0 spiro atoms. The van der Waals surface area contributed by atoms with Gasteiger partial charge in [0.2, 0.25) is 0 Å². The lowest BCUT2D eigenvalue weighted by atomic mass is 9.90. The van der Waals surface area contributed by atoms with Crippen molar-refractivity contribution >= 4 is 40.6 Å². The molecule has 0 saturated heterocycles. The summed E-state index contributed by atoms with van der Waals surface area (Å²) in [7, 11) is 1.58. The van der Waals surface area contributed by atoms with Gasteiger partial charge >= 0.3 is 6.03 Å². The van der Waals surface area contributed by atoms with Crippen molar-refractivity contribution in [3.63, 3.8) is 0 Å². The zero-order chi connectivity index (χ0) is 24.6. The number of amides is 3. The molecule has 1 aromatic heterocycles. The third-order valence-electron chi connectivity index (χ3n) is 5.69. The number of halogens is 1. The summed E-state index contributed by atoms with van der Waals surface area (Å²) in [5.41, 5.74) is 0.976. The van der Waals surface area contributed by atoms with E-state index in [0.717, 1.165) is 25.7 Å². The largest absolute Gasteiger partial charge is 0.497 e. The van der Waals surface area contributed by atoms with Gasteiger partial charge in [0.15, 0.2) is 0 Å². The maximum atomic E-state index is 12.9. The van der Waals surface area contributed by atoms with Crippen molar-refractivity contribution in [2.24, 2.45) is 0 Å². The van der Waals surface area contributed by atoms with Gasteiger partial charge in [-0.15, -0.1) is 11.3 Å². The Morgan fingerprint density at radius 3 is 2.54 bits per heavy atom. The smallest absolute Gasteiger partial charge is 0.319 e. The van der Waals surface area contributed by atoms with Crippen molar-refractivity contribution < 1.29 is 19.1 Å². The van der Waals surface area contributed by atoms with Crippen molar-refractivity contribution in [2.45, 2.75) is 44.4 Å². The quantitative estimate of drug-likeness (QED) is 0.381. The number of hydrogen-bond acceptors (Lipinski definition) is 6. The second kappa shape index (κ2) is 11.9. The maximum absolute atomic E-state index is 12.9. The van der Waals surface area contributed by atoms with Gasteiger partial charge in [-0.05, 0) is 49.2 Å². The van der Waals surface area contributed by atoms with E-state index in [0.29, 0.717) is 32.9 Å². The minimum absolute atomic E-state index is 0.176. The Bertz CT molecular complexity index is 1150. The van der Waals surface area contributed by atoms with Gasteiger partial charge in [0, 0.05) is 28.2 Å². The van der Waals surface area contributed by atoms with Crippen LogP contribution in [-0.4, -0.2) is 36.1 Å². The molecule has 8 nitrogen and oxygen atoms in total. The Morgan fingerprint density at radius 1 is 1.06 bits per heavy atom. The van der Waals surface area contributed by atoms with E-state index in [1.165, 1.54) is 11.3 Å². The molecule has 1 aliphatic rings. The fraction of sp³-hybridized carbons (Fsp3) is 0.320. The van der Waals surface area contributed by atoms with Gasteiger partial charge < -0.3 is 25.4 Å². The molecule has 3 N–H and O–H groups in total. The number of carbonyl (C=O) groups excluding carboxylic acids is 2. The third kappa shape index (κ3) is 7.10. The van der Waals surface area contributed by atoms with Gasteiger partial charge in [-0.2, -0.15) is 0 Å². The van der Waals surface area contributed by atoms with Crippen LogP contribution in [0.3, 0.4) is 0 Å². The first-order valence-electron chi connectivity index (χ1n) is 11.4. The first-order valence-corrected chi connectivity index (χ1v) is 12.6. The van der Waals surface area contributed by atoms with Gasteiger partial charge in [-0.1, -0.05) is 30.5 Å². The molecule has 1 fully saturated rings. The Hall–Kier alpha value is -3.30. The van der Waals surface area contributed by atoms with Crippen LogP contribution in [0.5, 0.6) is 11.5 Å². The SMILES string of the molecule is COc1cccc(NC(=O)N[C@H]2CCCC[C@H]2NC(=O)c2csc(COc3ccc(Cl)cc3)n2)c1. The summed E-state index contributed by atoms with van der Waals surface area (Å²) in [6.07, 6.45) is 3.54. The number of anilines is 1. The van der Waals surface area contributed by atoms with Crippen molar-refractivity contribution in [3.05, 3.63) is 69.6 Å². The number of aromatic nitrogens is 1. The summed E-state index contributed by atoms with van der Waals surface area (Å²) in [5, 5.41) is 11.9. The van der Waals surface area contributed by atoms with Gasteiger partial charge in [-0.3, -0.25) is 4.79 Å². The first kappa shape index (κ1) is 24.8. The van der Waals surface area contributed by atoms with Crippen LogP contribution < -0.4 is 25.4 Å². The first-order chi connectivity index (χ1) is 17.0. The Balaban J connectivity index is 1.30. The number of nitrogens with one attached hydrogen (secondary N) is 3. The van der Waals surface area contributed by atoms with Crippen LogP contribution in [0, 0.1) is 0 Å². The highest BCUT2D eigenvalue weighted by Crippen LogP contribution is 2.22. The van der Waals surface area contributed by atoms with E-state index in [2.05, 4.69) is 20.9 Å². The summed E-state index contributed by atoms with van der Waals surface area (Å²) in [6, 6.07) is 13.5. The van der Waals surface area contributed by atoms with Crippen LogP contribution in [-0.2, 0) is 6.61 Å². The second-order valence-electron chi connectivity index (χ2n) is 8.17. The number of methoxy groups -OCH3 is 1. The Kier molecular flexibility index (Phi) is 8.44. The number of carbonyl (C=O) groups is 2. The molecular weight excluding hydrogens is 488 g/mol. The lowest BCUT2D eigenvalue weighted by Gasteiger charge is -2.32. The summed E-state index contributed by atoms with van der Waals surface area (Å²) in [4.78, 5) is 29.9. The van der Waals surface area contributed by atoms with E-state index in [-0.39, 0.29) is 30.6 Å². The molecule has 2 aromatic carbocycles. The Labute approximate surface area is 213 Å².